The predicted octanol–water partition coefficient (Wildman–Crippen LogP) is 3.40. The zero-order chi connectivity index (χ0) is 17.7. The first-order valence-electron chi connectivity index (χ1n) is 7.59. The van der Waals surface area contributed by atoms with E-state index in [9.17, 15) is 13.2 Å². The van der Waals surface area contributed by atoms with Crippen LogP contribution in [0.5, 0.6) is 0 Å². The Balaban J connectivity index is 2.73. The number of halogens is 3. The summed E-state index contributed by atoms with van der Waals surface area (Å²) in [5.74, 6) is 0. The van der Waals surface area contributed by atoms with Gasteiger partial charge >= 0.3 is 6.18 Å². The molecule has 16 heavy (non-hydrogen) atoms. The predicted molar refractivity (Wildman–Crippen MR) is 53.8 cm³/mol. The first kappa shape index (κ1) is 5.03. The van der Waals surface area contributed by atoms with Gasteiger partial charge in [0.2, 0.25) is 0 Å². The molecule has 0 fully saturated rings. The Labute approximate surface area is 99.9 Å². The van der Waals surface area contributed by atoms with Gasteiger partial charge in [-0.3, -0.25) is 5.10 Å². The standard InChI is InChI=1S/C11H9F3N2/c1-7-2-4-8(5-3-7)9-6-10(16-15-9)11(12,13)14/h2-6H,1H3,(H,15,16)/i1D3,2D,3D,4D,5D. The first-order valence-corrected chi connectivity index (χ1v) is 4.09. The average molecular weight is 233 g/mol. The summed E-state index contributed by atoms with van der Waals surface area (Å²) in [7, 11) is 0. The highest BCUT2D eigenvalue weighted by Crippen LogP contribution is 2.30. The lowest BCUT2D eigenvalue weighted by atomic mass is 10.1. The molecule has 1 aromatic heterocycles. The Hall–Kier alpha value is -1.78. The second-order valence-corrected chi connectivity index (χ2v) is 2.91. The third-order valence-electron chi connectivity index (χ3n) is 1.76. The van der Waals surface area contributed by atoms with E-state index in [4.69, 9.17) is 9.60 Å². The minimum absolute atomic E-state index is 0.452. The van der Waals surface area contributed by atoms with Crippen molar-refractivity contribution in [2.45, 2.75) is 13.0 Å². The van der Waals surface area contributed by atoms with Crippen molar-refractivity contribution in [3.05, 3.63) is 41.5 Å². The van der Waals surface area contributed by atoms with Crippen molar-refractivity contribution < 1.29 is 22.8 Å². The molecule has 2 rings (SSSR count). The Morgan fingerprint density at radius 2 is 2.00 bits per heavy atom. The molecule has 84 valence electrons. The van der Waals surface area contributed by atoms with E-state index in [0.29, 0.717) is 6.07 Å². The lowest BCUT2D eigenvalue weighted by Gasteiger charge is -2.00. The molecule has 0 aliphatic rings. The third kappa shape index (κ3) is 2.08. The molecule has 0 aliphatic heterocycles. The molecule has 0 bridgehead atoms. The van der Waals surface area contributed by atoms with Crippen LogP contribution in [0.25, 0.3) is 11.3 Å². The van der Waals surface area contributed by atoms with Gasteiger partial charge in [0.05, 0.1) is 11.2 Å². The summed E-state index contributed by atoms with van der Waals surface area (Å²) in [6.45, 7) is -2.89. The Kier molecular flexibility index (Phi) is 1.15. The molecule has 1 aromatic carbocycles. The lowest BCUT2D eigenvalue weighted by molar-refractivity contribution is -0.141. The fraction of sp³-hybridized carbons (Fsp3) is 0.182. The number of hydrogen-bond donors (Lipinski definition) is 1. The van der Waals surface area contributed by atoms with Gasteiger partial charge in [-0.1, -0.05) is 29.7 Å². The highest BCUT2D eigenvalue weighted by molar-refractivity contribution is 5.59. The van der Waals surface area contributed by atoms with Gasteiger partial charge < -0.3 is 0 Å². The molecule has 1 heterocycles. The van der Waals surface area contributed by atoms with E-state index in [1.807, 2.05) is 0 Å². The van der Waals surface area contributed by atoms with Crippen molar-refractivity contribution in [3.63, 3.8) is 0 Å². The number of nitrogens with one attached hydrogen (secondary N) is 1. The molecule has 0 saturated heterocycles. The SMILES string of the molecule is [2H]c1c([2H])c(C([2H])([2H])[2H])c([2H])c([2H])c1-c1cc(C(F)(F)F)[nH]n1. The highest BCUT2D eigenvalue weighted by atomic mass is 19.4. The summed E-state index contributed by atoms with van der Waals surface area (Å²) < 4.78 is 90.5. The van der Waals surface area contributed by atoms with Gasteiger partial charge in [-0.2, -0.15) is 18.3 Å². The molecule has 0 spiro atoms. The number of alkyl halides is 3. The monoisotopic (exact) mass is 233 g/mol. The number of nitrogens with zero attached hydrogens (tertiary/aromatic N) is 1. The lowest BCUT2D eigenvalue weighted by Crippen LogP contribution is -2.04. The quantitative estimate of drug-likeness (QED) is 0.803. The van der Waals surface area contributed by atoms with Crippen molar-refractivity contribution in [1.82, 2.24) is 10.2 Å². The van der Waals surface area contributed by atoms with Gasteiger partial charge in [0.1, 0.15) is 5.69 Å². The van der Waals surface area contributed by atoms with Gasteiger partial charge in [0.25, 0.3) is 0 Å². The maximum Gasteiger partial charge on any atom is 0.432 e. The molecule has 0 aliphatic carbocycles. The zero-order valence-electron chi connectivity index (χ0n) is 14.7. The normalized spacial score (nSPS) is 18.8. The molecule has 0 unspecified atom stereocenters. The molecule has 0 amide bonds. The number of aromatic nitrogens is 2. The summed E-state index contributed by atoms with van der Waals surface area (Å²) in [6.07, 6.45) is -4.72. The zero-order valence-corrected chi connectivity index (χ0v) is 7.66. The molecule has 2 nitrogen and oxygen atoms in total. The number of H-pyrrole nitrogens is 1. The Bertz CT molecular complexity index is 735. The van der Waals surface area contributed by atoms with Crippen LogP contribution in [0, 0.1) is 6.85 Å². The van der Waals surface area contributed by atoms with E-state index in [1.165, 1.54) is 0 Å². The molecule has 0 atom stereocenters. The van der Waals surface area contributed by atoms with Crippen LogP contribution in [0.1, 0.15) is 20.9 Å². The van der Waals surface area contributed by atoms with E-state index >= 15 is 0 Å². The van der Waals surface area contributed by atoms with Crippen LogP contribution in [0.2, 0.25) is 0 Å². The molecule has 0 saturated carbocycles. The van der Waals surface area contributed by atoms with E-state index < -0.39 is 59.7 Å². The maximum absolute atomic E-state index is 12.6. The van der Waals surface area contributed by atoms with Crippen LogP contribution in [-0.2, 0) is 6.18 Å². The van der Waals surface area contributed by atoms with E-state index in [2.05, 4.69) is 5.10 Å². The van der Waals surface area contributed by atoms with E-state index in [-0.39, 0.29) is 0 Å². The van der Waals surface area contributed by atoms with Crippen LogP contribution >= 0.6 is 0 Å². The smallest absolute Gasteiger partial charge is 0.273 e. The van der Waals surface area contributed by atoms with Crippen LogP contribution in [-0.4, -0.2) is 10.2 Å². The topological polar surface area (TPSA) is 28.7 Å². The summed E-state index contributed by atoms with van der Waals surface area (Å²) in [4.78, 5) is 0. The summed E-state index contributed by atoms with van der Waals surface area (Å²) in [5.41, 5.74) is -2.96. The van der Waals surface area contributed by atoms with Gasteiger partial charge in [-0.25, -0.2) is 0 Å². The number of hydrogen-bond acceptors (Lipinski definition) is 1. The number of rotatable bonds is 1. The largest absolute Gasteiger partial charge is 0.432 e. The molecule has 0 radical (unpaired) electrons. The maximum atomic E-state index is 12.6. The van der Waals surface area contributed by atoms with E-state index in [0.717, 1.165) is 0 Å². The fourth-order valence-corrected chi connectivity index (χ4v) is 1.04. The molecular formula is C11H9F3N2. The summed E-state index contributed by atoms with van der Waals surface area (Å²) in [6, 6.07) is -2.66. The minimum Gasteiger partial charge on any atom is -0.273 e. The summed E-state index contributed by atoms with van der Waals surface area (Å²) in [5, 5.41) is 5.06. The van der Waals surface area contributed by atoms with Crippen molar-refractivity contribution in [2.24, 2.45) is 0 Å². The average Bonchev–Trinajstić information content (AvgIpc) is 2.84. The molecule has 5 heteroatoms. The van der Waals surface area contributed by atoms with Gasteiger partial charge in [-0.15, -0.1) is 0 Å². The minimum atomic E-state index is -4.72. The fourth-order valence-electron chi connectivity index (χ4n) is 1.04. The van der Waals surface area contributed by atoms with Crippen LogP contribution < -0.4 is 0 Å². The van der Waals surface area contributed by atoms with Crippen LogP contribution in [0.15, 0.2) is 30.2 Å². The Morgan fingerprint density at radius 1 is 1.31 bits per heavy atom. The van der Waals surface area contributed by atoms with Crippen LogP contribution in [0.3, 0.4) is 0 Å². The molecule has 1 N–H and O–H groups in total. The van der Waals surface area contributed by atoms with Crippen molar-refractivity contribution >= 4 is 0 Å². The second-order valence-electron chi connectivity index (χ2n) is 2.91. The molecule has 2 aromatic rings. The highest BCUT2D eigenvalue weighted by Gasteiger charge is 2.33. The first-order chi connectivity index (χ1) is 10.4. The van der Waals surface area contributed by atoms with Crippen molar-refractivity contribution in [1.29, 1.82) is 0 Å². The van der Waals surface area contributed by atoms with E-state index in [1.54, 1.807) is 5.10 Å². The number of aromatic amines is 1. The third-order valence-corrected chi connectivity index (χ3v) is 1.76. The van der Waals surface area contributed by atoms with Gasteiger partial charge in [0, 0.05) is 9.68 Å². The molecular weight excluding hydrogens is 217 g/mol. The van der Waals surface area contributed by atoms with Crippen molar-refractivity contribution in [3.8, 4) is 11.3 Å². The van der Waals surface area contributed by atoms with Gasteiger partial charge in [-0.05, 0) is 12.9 Å². The second kappa shape index (κ2) is 3.66. The van der Waals surface area contributed by atoms with Gasteiger partial charge in [0.15, 0.2) is 0 Å². The van der Waals surface area contributed by atoms with Crippen LogP contribution in [0.4, 0.5) is 13.2 Å². The van der Waals surface area contributed by atoms with Crippen molar-refractivity contribution in [2.75, 3.05) is 0 Å². The Morgan fingerprint density at radius 3 is 2.50 bits per heavy atom. The summed E-state index contributed by atoms with van der Waals surface area (Å²) >= 11 is 0. The number of benzene rings is 1.